The first-order valence-electron chi connectivity index (χ1n) is 9.05. The van der Waals surface area contributed by atoms with Crippen LogP contribution in [0, 0.1) is 6.92 Å². The highest BCUT2D eigenvalue weighted by Gasteiger charge is 2.10. The standard InChI is InChI=1S/C22H21N3O2/c1-15-16(17-7-2-4-9-19(17)23-15)11-12-21-24-20-10-5-3-8-18(20)22(27)25(21)13-6-14-26/h2-5,7-12,23,26H,6,13-14H2,1H3/b12-11+. The lowest BCUT2D eigenvalue weighted by molar-refractivity contribution is 0.278. The lowest BCUT2D eigenvalue weighted by Gasteiger charge is -2.10. The summed E-state index contributed by atoms with van der Waals surface area (Å²) in [6, 6.07) is 15.5. The predicted molar refractivity (Wildman–Crippen MR) is 110 cm³/mol. The van der Waals surface area contributed by atoms with Gasteiger partial charge in [-0.2, -0.15) is 0 Å². The molecule has 0 saturated heterocycles. The Kier molecular flexibility index (Phi) is 4.60. The van der Waals surface area contributed by atoms with Gasteiger partial charge < -0.3 is 10.1 Å². The Morgan fingerprint density at radius 3 is 2.63 bits per heavy atom. The van der Waals surface area contributed by atoms with E-state index in [0.29, 0.717) is 29.7 Å². The van der Waals surface area contributed by atoms with Crippen LogP contribution < -0.4 is 5.56 Å². The van der Waals surface area contributed by atoms with Crippen molar-refractivity contribution in [3.63, 3.8) is 0 Å². The van der Waals surface area contributed by atoms with Gasteiger partial charge in [0.25, 0.3) is 5.56 Å². The summed E-state index contributed by atoms with van der Waals surface area (Å²) in [6.45, 7) is 2.50. The van der Waals surface area contributed by atoms with E-state index in [-0.39, 0.29) is 12.2 Å². The van der Waals surface area contributed by atoms with Gasteiger partial charge >= 0.3 is 0 Å². The number of benzene rings is 2. The number of H-pyrrole nitrogens is 1. The van der Waals surface area contributed by atoms with Crippen molar-refractivity contribution in [3.8, 4) is 0 Å². The molecule has 5 nitrogen and oxygen atoms in total. The third kappa shape index (κ3) is 3.17. The summed E-state index contributed by atoms with van der Waals surface area (Å²) in [4.78, 5) is 21.0. The summed E-state index contributed by atoms with van der Waals surface area (Å²) in [7, 11) is 0. The zero-order valence-corrected chi connectivity index (χ0v) is 15.1. The molecule has 4 aromatic rings. The Morgan fingerprint density at radius 2 is 1.81 bits per heavy atom. The molecule has 2 N–H and O–H groups in total. The van der Waals surface area contributed by atoms with Gasteiger partial charge in [-0.25, -0.2) is 4.98 Å². The summed E-state index contributed by atoms with van der Waals surface area (Å²) in [5, 5.41) is 10.9. The van der Waals surface area contributed by atoms with E-state index >= 15 is 0 Å². The fourth-order valence-corrected chi connectivity index (χ4v) is 3.43. The van der Waals surface area contributed by atoms with Gasteiger partial charge in [0.15, 0.2) is 0 Å². The molecule has 5 heteroatoms. The van der Waals surface area contributed by atoms with E-state index in [0.717, 1.165) is 22.2 Å². The van der Waals surface area contributed by atoms with Gasteiger partial charge in [-0.05, 0) is 43.7 Å². The molecule has 2 heterocycles. The first-order chi connectivity index (χ1) is 13.2. The van der Waals surface area contributed by atoms with E-state index in [1.165, 1.54) is 0 Å². The number of hydrogen-bond acceptors (Lipinski definition) is 3. The molecule has 4 rings (SSSR count). The summed E-state index contributed by atoms with van der Waals surface area (Å²) < 4.78 is 1.64. The summed E-state index contributed by atoms with van der Waals surface area (Å²) in [5.74, 6) is 0.594. The number of rotatable bonds is 5. The van der Waals surface area contributed by atoms with Crippen LogP contribution in [0.5, 0.6) is 0 Å². The van der Waals surface area contributed by atoms with Crippen LogP contribution in [0.2, 0.25) is 0 Å². The van der Waals surface area contributed by atoms with Crippen molar-refractivity contribution in [2.45, 2.75) is 19.9 Å². The summed E-state index contributed by atoms with van der Waals surface area (Å²) >= 11 is 0. The van der Waals surface area contributed by atoms with Crippen molar-refractivity contribution in [2.75, 3.05) is 6.61 Å². The van der Waals surface area contributed by atoms with Crippen molar-refractivity contribution >= 4 is 34.0 Å². The van der Waals surface area contributed by atoms with Crippen molar-refractivity contribution in [1.29, 1.82) is 0 Å². The van der Waals surface area contributed by atoms with Crippen molar-refractivity contribution in [3.05, 3.63) is 76.0 Å². The van der Waals surface area contributed by atoms with E-state index in [1.54, 1.807) is 10.6 Å². The number of nitrogens with one attached hydrogen (secondary N) is 1. The van der Waals surface area contributed by atoms with Crippen LogP contribution in [-0.2, 0) is 6.54 Å². The molecule has 0 saturated carbocycles. The molecule has 0 aliphatic carbocycles. The van der Waals surface area contributed by atoms with Crippen molar-refractivity contribution in [1.82, 2.24) is 14.5 Å². The number of aromatic nitrogens is 3. The maximum absolute atomic E-state index is 12.9. The second-order valence-corrected chi connectivity index (χ2v) is 6.56. The third-order valence-electron chi connectivity index (χ3n) is 4.77. The largest absolute Gasteiger partial charge is 0.396 e. The number of para-hydroxylation sites is 2. The van der Waals surface area contributed by atoms with Gasteiger partial charge in [0.05, 0.1) is 10.9 Å². The highest BCUT2D eigenvalue weighted by Crippen LogP contribution is 2.24. The number of aryl methyl sites for hydroxylation is 1. The first kappa shape index (κ1) is 17.2. The Hall–Kier alpha value is -3.18. The molecule has 2 aromatic heterocycles. The van der Waals surface area contributed by atoms with Crippen LogP contribution in [-0.4, -0.2) is 26.2 Å². The molecule has 0 aliphatic heterocycles. The molecule has 0 fully saturated rings. The highest BCUT2D eigenvalue weighted by molar-refractivity contribution is 5.93. The highest BCUT2D eigenvalue weighted by atomic mass is 16.3. The zero-order chi connectivity index (χ0) is 18.8. The van der Waals surface area contributed by atoms with Gasteiger partial charge in [0, 0.05) is 35.3 Å². The quantitative estimate of drug-likeness (QED) is 0.570. The predicted octanol–water partition coefficient (Wildman–Crippen LogP) is 3.74. The van der Waals surface area contributed by atoms with E-state index in [9.17, 15) is 9.90 Å². The summed E-state index contributed by atoms with van der Waals surface area (Å²) in [6.07, 6.45) is 4.39. The maximum Gasteiger partial charge on any atom is 0.261 e. The normalized spacial score (nSPS) is 11.8. The molecule has 136 valence electrons. The number of nitrogens with zero attached hydrogens (tertiary/aromatic N) is 2. The molecule has 0 amide bonds. The average molecular weight is 359 g/mol. The van der Waals surface area contributed by atoms with Crippen LogP contribution >= 0.6 is 0 Å². The monoisotopic (exact) mass is 359 g/mol. The molecule has 27 heavy (non-hydrogen) atoms. The number of aliphatic hydroxyl groups is 1. The van der Waals surface area contributed by atoms with Crippen molar-refractivity contribution in [2.24, 2.45) is 0 Å². The van der Waals surface area contributed by atoms with Crippen LogP contribution in [0.3, 0.4) is 0 Å². The molecule has 0 aliphatic rings. The Labute approximate surface area is 156 Å². The van der Waals surface area contributed by atoms with Crippen molar-refractivity contribution < 1.29 is 5.11 Å². The molecule has 0 radical (unpaired) electrons. The van der Waals surface area contributed by atoms with Crippen LogP contribution in [0.25, 0.3) is 34.0 Å². The second kappa shape index (κ2) is 7.21. The molecular formula is C22H21N3O2. The molecule has 0 spiro atoms. The minimum Gasteiger partial charge on any atom is -0.396 e. The average Bonchev–Trinajstić information content (AvgIpc) is 3.01. The smallest absolute Gasteiger partial charge is 0.261 e. The molecule has 0 atom stereocenters. The molecular weight excluding hydrogens is 338 g/mol. The molecule has 0 bridgehead atoms. The topological polar surface area (TPSA) is 70.9 Å². The maximum atomic E-state index is 12.9. The molecule has 2 aromatic carbocycles. The Morgan fingerprint density at radius 1 is 1.07 bits per heavy atom. The van der Waals surface area contributed by atoms with Gasteiger partial charge in [0.2, 0.25) is 0 Å². The number of aromatic amines is 1. The fourth-order valence-electron chi connectivity index (χ4n) is 3.43. The Balaban J connectivity index is 1.86. The third-order valence-corrected chi connectivity index (χ3v) is 4.77. The Bertz CT molecular complexity index is 1200. The van der Waals surface area contributed by atoms with Gasteiger partial charge in [-0.15, -0.1) is 0 Å². The van der Waals surface area contributed by atoms with Gasteiger partial charge in [-0.1, -0.05) is 30.3 Å². The fraction of sp³-hybridized carbons (Fsp3) is 0.182. The van der Waals surface area contributed by atoms with Crippen LogP contribution in [0.1, 0.15) is 23.5 Å². The zero-order valence-electron chi connectivity index (χ0n) is 15.1. The molecule has 0 unspecified atom stereocenters. The van der Waals surface area contributed by atoms with E-state index in [4.69, 9.17) is 0 Å². The lowest BCUT2D eigenvalue weighted by Crippen LogP contribution is -2.24. The lowest BCUT2D eigenvalue weighted by atomic mass is 10.1. The number of aliphatic hydroxyl groups excluding tert-OH is 1. The van der Waals surface area contributed by atoms with Crippen LogP contribution in [0.15, 0.2) is 53.3 Å². The van der Waals surface area contributed by atoms with Gasteiger partial charge in [-0.3, -0.25) is 9.36 Å². The minimum absolute atomic E-state index is 0.0317. The van der Waals surface area contributed by atoms with E-state index < -0.39 is 0 Å². The second-order valence-electron chi connectivity index (χ2n) is 6.56. The first-order valence-corrected chi connectivity index (χ1v) is 9.05. The van der Waals surface area contributed by atoms with Crippen LogP contribution in [0.4, 0.5) is 0 Å². The number of fused-ring (bicyclic) bond motifs is 2. The summed E-state index contributed by atoms with van der Waals surface area (Å²) in [5.41, 5.74) is 3.83. The van der Waals surface area contributed by atoms with E-state index in [2.05, 4.69) is 16.0 Å². The van der Waals surface area contributed by atoms with E-state index in [1.807, 2.05) is 55.5 Å². The minimum atomic E-state index is -0.0793. The number of hydrogen-bond donors (Lipinski definition) is 2. The van der Waals surface area contributed by atoms with Gasteiger partial charge in [0.1, 0.15) is 5.82 Å². The SMILES string of the molecule is Cc1[nH]c2ccccc2c1/C=C/c1nc2ccccc2c(=O)n1CCCO.